The maximum Gasteiger partial charge on any atom is 0.159 e. The molecule has 0 aliphatic carbocycles. The van der Waals surface area contributed by atoms with Gasteiger partial charge in [0, 0.05) is 5.56 Å². The van der Waals surface area contributed by atoms with Crippen molar-refractivity contribution in [2.24, 2.45) is 0 Å². The third-order valence-electron chi connectivity index (χ3n) is 4.98. The molecule has 5 nitrogen and oxygen atoms in total. The van der Waals surface area contributed by atoms with Gasteiger partial charge in [0.2, 0.25) is 0 Å². The molecule has 6 heteroatoms. The summed E-state index contributed by atoms with van der Waals surface area (Å²) in [6.45, 7) is 7.10. The van der Waals surface area contributed by atoms with E-state index in [-0.39, 0.29) is 17.5 Å². The Morgan fingerprint density at radius 1 is 1.18 bits per heavy atom. The molecule has 2 aliphatic heterocycles. The predicted octanol–water partition coefficient (Wildman–Crippen LogP) is -2.56. The van der Waals surface area contributed by atoms with Crippen molar-refractivity contribution in [3.8, 4) is 0 Å². The van der Waals surface area contributed by atoms with Crippen molar-refractivity contribution < 1.29 is 23.3 Å². The normalized spacial score (nSPS) is 34.6. The van der Waals surface area contributed by atoms with Gasteiger partial charge in [-0.25, -0.2) is 8.42 Å². The van der Waals surface area contributed by atoms with E-state index >= 15 is 0 Å². The minimum absolute atomic E-state index is 0.0545. The largest absolute Gasteiger partial charge is 0.386 e. The molecule has 2 atom stereocenters. The zero-order valence-electron chi connectivity index (χ0n) is 13.1. The molecule has 2 heterocycles. The number of nitrogens with one attached hydrogen (secondary N) is 2. The molecule has 22 heavy (non-hydrogen) atoms. The summed E-state index contributed by atoms with van der Waals surface area (Å²) in [4.78, 5) is 2.81. The van der Waals surface area contributed by atoms with Crippen LogP contribution in [0.4, 0.5) is 0 Å². The lowest BCUT2D eigenvalue weighted by atomic mass is 10.1. The number of piperazine rings is 1. The molecule has 122 valence electrons. The molecule has 0 saturated carbocycles. The summed E-state index contributed by atoms with van der Waals surface area (Å²) in [5.41, 5.74) is 2.65. The standard InChI is InChI=1S/C16H24N2O3S/c1-13-3-2-4-14(9-13)10-17-5-7-18(8-6-17)15-11-22(20,21)12-16(15)19/h2-4,9,15-16,19H,5-8,10-12H2,1H3/p+2/t15-,16-/m0/s1. The fourth-order valence-corrected chi connectivity index (χ4v) is 5.70. The number of rotatable bonds is 3. The maximum absolute atomic E-state index is 11.7. The van der Waals surface area contributed by atoms with Crippen molar-refractivity contribution in [1.82, 2.24) is 0 Å². The number of quaternary nitrogens is 2. The molecular formula is C16H26N2O3S+2. The van der Waals surface area contributed by atoms with Crippen LogP contribution in [0.2, 0.25) is 0 Å². The smallest absolute Gasteiger partial charge is 0.159 e. The van der Waals surface area contributed by atoms with Crippen molar-refractivity contribution in [3.63, 3.8) is 0 Å². The second kappa shape index (κ2) is 6.28. The molecule has 3 rings (SSSR count). The second-order valence-electron chi connectivity index (χ2n) is 6.82. The summed E-state index contributed by atoms with van der Waals surface area (Å²) in [5, 5.41) is 10.0. The van der Waals surface area contributed by atoms with Crippen molar-refractivity contribution >= 4 is 9.84 Å². The van der Waals surface area contributed by atoms with Crippen LogP contribution in [0.5, 0.6) is 0 Å². The average Bonchev–Trinajstić information content (AvgIpc) is 2.73. The molecule has 1 aromatic rings. The van der Waals surface area contributed by atoms with Gasteiger partial charge >= 0.3 is 0 Å². The fourth-order valence-electron chi connectivity index (χ4n) is 3.80. The van der Waals surface area contributed by atoms with Gasteiger partial charge in [0.25, 0.3) is 0 Å². The van der Waals surface area contributed by atoms with Gasteiger partial charge in [-0.1, -0.05) is 29.8 Å². The maximum atomic E-state index is 11.7. The molecule has 0 bridgehead atoms. The summed E-state index contributed by atoms with van der Waals surface area (Å²) in [6, 6.07) is 8.51. The Balaban J connectivity index is 1.54. The zero-order chi connectivity index (χ0) is 15.7. The zero-order valence-corrected chi connectivity index (χ0v) is 13.9. The summed E-state index contributed by atoms with van der Waals surface area (Å²) >= 11 is 0. The lowest BCUT2D eigenvalue weighted by Crippen LogP contribution is -3.29. The van der Waals surface area contributed by atoms with Gasteiger partial charge in [0.1, 0.15) is 50.6 Å². The minimum Gasteiger partial charge on any atom is -0.386 e. The molecular weight excluding hydrogens is 300 g/mol. The van der Waals surface area contributed by atoms with Gasteiger partial charge in [-0.05, 0) is 6.92 Å². The molecule has 2 fully saturated rings. The molecule has 0 unspecified atom stereocenters. The molecule has 0 amide bonds. The molecule has 0 spiro atoms. The highest BCUT2D eigenvalue weighted by Crippen LogP contribution is 2.10. The molecule has 0 aromatic heterocycles. The Morgan fingerprint density at radius 2 is 1.91 bits per heavy atom. The van der Waals surface area contributed by atoms with E-state index in [9.17, 15) is 13.5 Å². The highest BCUT2D eigenvalue weighted by atomic mass is 32.2. The predicted molar refractivity (Wildman–Crippen MR) is 84.7 cm³/mol. The Morgan fingerprint density at radius 3 is 2.50 bits per heavy atom. The topological polar surface area (TPSA) is 63.2 Å². The van der Waals surface area contributed by atoms with E-state index in [1.54, 1.807) is 4.90 Å². The summed E-state index contributed by atoms with van der Waals surface area (Å²) in [6.07, 6.45) is -0.682. The number of hydrogen-bond donors (Lipinski definition) is 3. The van der Waals surface area contributed by atoms with Crippen molar-refractivity contribution in [3.05, 3.63) is 35.4 Å². The molecule has 2 saturated heterocycles. The fraction of sp³-hybridized carbons (Fsp3) is 0.625. The first-order valence-electron chi connectivity index (χ1n) is 8.05. The number of aliphatic hydroxyl groups is 1. The number of sulfone groups is 1. The first kappa shape index (κ1) is 15.9. The van der Waals surface area contributed by atoms with Crippen molar-refractivity contribution in [2.45, 2.75) is 25.6 Å². The molecule has 3 N–H and O–H groups in total. The average molecular weight is 326 g/mol. The van der Waals surface area contributed by atoms with E-state index in [0.717, 1.165) is 32.7 Å². The number of benzene rings is 1. The van der Waals surface area contributed by atoms with Crippen LogP contribution in [0.25, 0.3) is 0 Å². The van der Waals surface area contributed by atoms with Crippen LogP contribution in [0.3, 0.4) is 0 Å². The second-order valence-corrected chi connectivity index (χ2v) is 8.98. The Hall–Kier alpha value is -0.950. The van der Waals surface area contributed by atoms with Crippen molar-refractivity contribution in [2.75, 3.05) is 37.7 Å². The Kier molecular flexibility index (Phi) is 4.54. The quantitative estimate of drug-likeness (QED) is 0.573. The Bertz CT molecular complexity index is 624. The van der Waals surface area contributed by atoms with Crippen LogP contribution < -0.4 is 9.80 Å². The highest BCUT2D eigenvalue weighted by molar-refractivity contribution is 7.91. The number of aryl methyl sites for hydroxylation is 1. The summed E-state index contributed by atoms with van der Waals surface area (Å²) < 4.78 is 23.3. The van der Waals surface area contributed by atoms with Gasteiger partial charge in [-0.3, -0.25) is 0 Å². The lowest BCUT2D eigenvalue weighted by molar-refractivity contribution is -1.03. The number of hydrogen-bond acceptors (Lipinski definition) is 3. The van der Waals surface area contributed by atoms with Crippen LogP contribution in [0.1, 0.15) is 11.1 Å². The first-order valence-corrected chi connectivity index (χ1v) is 9.87. The van der Waals surface area contributed by atoms with Crippen LogP contribution in [0, 0.1) is 6.92 Å². The Labute approximate surface area is 132 Å². The van der Waals surface area contributed by atoms with Crippen molar-refractivity contribution in [1.29, 1.82) is 0 Å². The van der Waals surface area contributed by atoms with Crippen LogP contribution in [-0.2, 0) is 16.4 Å². The SMILES string of the molecule is Cc1cccc(C[NH+]2CC[NH+]([C@H]3CS(=O)(=O)C[C@@H]3O)CC2)c1. The van der Waals surface area contributed by atoms with Gasteiger partial charge in [0.05, 0.1) is 5.75 Å². The minimum atomic E-state index is -3.04. The van der Waals surface area contributed by atoms with Gasteiger partial charge in [-0.2, -0.15) is 0 Å². The van der Waals surface area contributed by atoms with Gasteiger partial charge in [-0.15, -0.1) is 0 Å². The number of aliphatic hydroxyl groups excluding tert-OH is 1. The summed E-state index contributed by atoms with van der Waals surface area (Å²) in [5.74, 6) is 0.0950. The van der Waals surface area contributed by atoms with E-state index < -0.39 is 15.9 Å². The van der Waals surface area contributed by atoms with E-state index in [0.29, 0.717) is 0 Å². The van der Waals surface area contributed by atoms with Gasteiger partial charge in [0.15, 0.2) is 9.84 Å². The summed E-state index contributed by atoms with van der Waals surface area (Å²) in [7, 11) is -3.04. The van der Waals surface area contributed by atoms with E-state index in [4.69, 9.17) is 0 Å². The van der Waals surface area contributed by atoms with Gasteiger partial charge < -0.3 is 14.9 Å². The van der Waals surface area contributed by atoms with E-state index in [2.05, 4.69) is 31.2 Å². The van der Waals surface area contributed by atoms with Crippen LogP contribution >= 0.6 is 0 Å². The van der Waals surface area contributed by atoms with E-state index in [1.165, 1.54) is 16.0 Å². The monoisotopic (exact) mass is 326 g/mol. The third kappa shape index (κ3) is 3.68. The first-order chi connectivity index (χ1) is 10.4. The molecule has 0 radical (unpaired) electrons. The third-order valence-corrected chi connectivity index (χ3v) is 6.70. The van der Waals surface area contributed by atoms with E-state index in [1.807, 2.05) is 0 Å². The lowest BCUT2D eigenvalue weighted by Gasteiger charge is -2.33. The highest BCUT2D eigenvalue weighted by Gasteiger charge is 2.44. The van der Waals surface area contributed by atoms with Crippen LogP contribution in [0.15, 0.2) is 24.3 Å². The molecule has 2 aliphatic rings. The van der Waals surface area contributed by atoms with Crippen LogP contribution in [-0.4, -0.2) is 63.4 Å². The molecule has 1 aromatic carbocycles.